The average Bonchev–Trinajstić information content (AvgIpc) is 2.73. The second-order valence-corrected chi connectivity index (χ2v) is 10.7. The van der Waals surface area contributed by atoms with Crippen LogP contribution in [0.1, 0.15) is 123 Å². The summed E-state index contributed by atoms with van der Waals surface area (Å²) in [5.74, 6) is 0. The van der Waals surface area contributed by atoms with Gasteiger partial charge < -0.3 is 9.47 Å². The van der Waals surface area contributed by atoms with E-state index in [0.29, 0.717) is 19.6 Å². The van der Waals surface area contributed by atoms with Crippen LogP contribution in [0.2, 0.25) is 0 Å². The highest BCUT2D eigenvalue weighted by atomic mass is 32.2. The molecule has 0 aromatic rings. The second kappa shape index (κ2) is 22.4. The highest BCUT2D eigenvalue weighted by Crippen LogP contribution is 2.14. The summed E-state index contributed by atoms with van der Waals surface area (Å²) in [5, 5.41) is 0. The second-order valence-electron chi connectivity index (χ2n) is 9.10. The molecule has 32 heavy (non-hydrogen) atoms. The van der Waals surface area contributed by atoms with Gasteiger partial charge in [-0.15, -0.1) is 0 Å². The number of rotatable bonds is 25. The zero-order chi connectivity index (χ0) is 23.9. The molecule has 5 nitrogen and oxygen atoms in total. The summed E-state index contributed by atoms with van der Waals surface area (Å²) in [6, 6.07) is 0. The molecule has 192 valence electrons. The molecule has 0 heterocycles. The van der Waals surface area contributed by atoms with Crippen LogP contribution in [0.5, 0.6) is 0 Å². The van der Waals surface area contributed by atoms with E-state index < -0.39 is 10.1 Å². The van der Waals surface area contributed by atoms with Gasteiger partial charge >= 0.3 is 0 Å². The third kappa shape index (κ3) is 24.2. The smallest absolute Gasteiger partial charge is 0.264 e. The summed E-state index contributed by atoms with van der Waals surface area (Å²) in [7, 11) is -3.33. The molecule has 0 saturated carbocycles. The van der Waals surface area contributed by atoms with Gasteiger partial charge in [0.05, 0.1) is 26.1 Å². The molecule has 0 aromatic heterocycles. The molecule has 0 spiro atoms. The van der Waals surface area contributed by atoms with Crippen molar-refractivity contribution in [2.45, 2.75) is 129 Å². The average molecular weight is 477 g/mol. The number of ether oxygens (including phenoxy) is 2. The van der Waals surface area contributed by atoms with Crippen molar-refractivity contribution in [3.05, 3.63) is 12.2 Å². The maximum absolute atomic E-state index is 10.9. The third-order valence-electron chi connectivity index (χ3n) is 5.52. The Morgan fingerprint density at radius 2 is 1.00 bits per heavy atom. The van der Waals surface area contributed by atoms with Crippen LogP contribution < -0.4 is 0 Å². The zero-order valence-electron chi connectivity index (χ0n) is 21.4. The summed E-state index contributed by atoms with van der Waals surface area (Å²) in [5.41, 5.74) is 0.885. The summed E-state index contributed by atoms with van der Waals surface area (Å²) in [6.07, 6.45) is 22.0. The first-order chi connectivity index (χ1) is 15.4. The van der Waals surface area contributed by atoms with Gasteiger partial charge in [-0.1, -0.05) is 97.0 Å². The summed E-state index contributed by atoms with van der Waals surface area (Å²) < 4.78 is 38.2. The van der Waals surface area contributed by atoms with Crippen LogP contribution in [0.25, 0.3) is 0 Å². The lowest BCUT2D eigenvalue weighted by Crippen LogP contribution is -2.19. The first-order valence-electron chi connectivity index (χ1n) is 13.1. The van der Waals surface area contributed by atoms with Crippen molar-refractivity contribution < 1.29 is 22.1 Å². The number of hydrogen-bond acceptors (Lipinski definition) is 5. The Morgan fingerprint density at radius 1 is 0.656 bits per heavy atom. The fourth-order valence-electron chi connectivity index (χ4n) is 3.60. The van der Waals surface area contributed by atoms with Crippen molar-refractivity contribution in [3.8, 4) is 0 Å². The highest BCUT2D eigenvalue weighted by Gasteiger charge is 2.10. The summed E-state index contributed by atoms with van der Waals surface area (Å²) in [6.45, 7) is 9.68. The van der Waals surface area contributed by atoms with E-state index in [9.17, 15) is 8.42 Å². The van der Waals surface area contributed by atoms with Crippen LogP contribution in [0.4, 0.5) is 0 Å². The Hall–Kier alpha value is -0.430. The van der Waals surface area contributed by atoms with Gasteiger partial charge in [-0.3, -0.25) is 4.18 Å². The first-order valence-corrected chi connectivity index (χ1v) is 14.9. The minimum atomic E-state index is -3.33. The number of hydrogen-bond donors (Lipinski definition) is 0. The molecule has 6 heteroatoms. The van der Waals surface area contributed by atoms with Crippen LogP contribution in [0, 0.1) is 0 Å². The highest BCUT2D eigenvalue weighted by molar-refractivity contribution is 7.85. The minimum absolute atomic E-state index is 0.234. The van der Waals surface area contributed by atoms with E-state index in [2.05, 4.69) is 13.5 Å². The van der Waals surface area contributed by atoms with Crippen molar-refractivity contribution in [2.24, 2.45) is 0 Å². The van der Waals surface area contributed by atoms with Gasteiger partial charge in [0, 0.05) is 0 Å². The van der Waals surface area contributed by atoms with Gasteiger partial charge in [0.1, 0.15) is 0 Å². The van der Waals surface area contributed by atoms with Gasteiger partial charge in [-0.05, 0) is 38.2 Å². The molecule has 0 aliphatic carbocycles. The van der Waals surface area contributed by atoms with Crippen molar-refractivity contribution >= 4 is 10.1 Å². The van der Waals surface area contributed by atoms with E-state index in [4.69, 9.17) is 13.7 Å². The van der Waals surface area contributed by atoms with Gasteiger partial charge in [-0.25, -0.2) is 0 Å². The van der Waals surface area contributed by atoms with Crippen molar-refractivity contribution in [2.75, 3.05) is 26.1 Å². The molecule has 1 atom stereocenters. The SMILES string of the molecule is C=C(C)C(OCCCCCCCCCCCCCCCC)OCCCCCOS(C)(=O)=O. The quantitative estimate of drug-likeness (QED) is 0.0589. The fraction of sp³-hybridized carbons (Fsp3) is 0.923. The van der Waals surface area contributed by atoms with Crippen LogP contribution >= 0.6 is 0 Å². The zero-order valence-corrected chi connectivity index (χ0v) is 22.2. The van der Waals surface area contributed by atoms with Crippen molar-refractivity contribution in [1.82, 2.24) is 0 Å². The van der Waals surface area contributed by atoms with Crippen LogP contribution in [0.3, 0.4) is 0 Å². The molecule has 0 aliphatic rings. The van der Waals surface area contributed by atoms with E-state index in [1.54, 1.807) is 0 Å². The Bertz CT molecular complexity index is 518. The minimum Gasteiger partial charge on any atom is -0.349 e. The molecule has 0 bridgehead atoms. The lowest BCUT2D eigenvalue weighted by atomic mass is 10.0. The van der Waals surface area contributed by atoms with E-state index in [0.717, 1.165) is 31.1 Å². The van der Waals surface area contributed by atoms with Crippen LogP contribution in [0.15, 0.2) is 12.2 Å². The predicted octanol–water partition coefficient (Wildman–Crippen LogP) is 7.55. The Morgan fingerprint density at radius 3 is 1.38 bits per heavy atom. The topological polar surface area (TPSA) is 61.8 Å². The van der Waals surface area contributed by atoms with Crippen molar-refractivity contribution in [1.29, 1.82) is 0 Å². The Kier molecular flexibility index (Phi) is 22.1. The fourth-order valence-corrected chi connectivity index (χ4v) is 4.02. The summed E-state index contributed by atoms with van der Waals surface area (Å²) >= 11 is 0. The lowest BCUT2D eigenvalue weighted by molar-refractivity contribution is -0.119. The van der Waals surface area contributed by atoms with Gasteiger partial charge in [0.2, 0.25) is 0 Å². The molecule has 0 amide bonds. The number of unbranched alkanes of at least 4 members (excludes halogenated alkanes) is 15. The molecule has 1 unspecified atom stereocenters. The van der Waals surface area contributed by atoms with Gasteiger partial charge in [-0.2, -0.15) is 8.42 Å². The standard InChI is InChI=1S/C26H52O5S/c1-5-6-7-8-9-10-11-12-13-14-15-16-17-19-22-29-26(25(2)3)30-23-20-18-21-24-31-32(4,27)28/h26H,2,5-24H2,1,3-4H3. The lowest BCUT2D eigenvalue weighted by Gasteiger charge is -2.18. The van der Waals surface area contributed by atoms with E-state index in [1.807, 2.05) is 6.92 Å². The molecule has 0 saturated heterocycles. The monoisotopic (exact) mass is 476 g/mol. The molecule has 0 aliphatic heterocycles. The van der Waals surface area contributed by atoms with Gasteiger partial charge in [0.25, 0.3) is 10.1 Å². The van der Waals surface area contributed by atoms with Crippen LogP contribution in [-0.4, -0.2) is 40.8 Å². The molecule has 0 rings (SSSR count). The van der Waals surface area contributed by atoms with E-state index in [-0.39, 0.29) is 12.9 Å². The maximum atomic E-state index is 10.9. The van der Waals surface area contributed by atoms with Crippen LogP contribution in [-0.2, 0) is 23.8 Å². The van der Waals surface area contributed by atoms with Gasteiger partial charge in [0.15, 0.2) is 6.29 Å². The van der Waals surface area contributed by atoms with E-state index in [1.165, 1.54) is 83.5 Å². The van der Waals surface area contributed by atoms with E-state index >= 15 is 0 Å². The Balaban J connectivity index is 3.46. The van der Waals surface area contributed by atoms with Crippen molar-refractivity contribution in [3.63, 3.8) is 0 Å². The molecule has 0 fully saturated rings. The molecular weight excluding hydrogens is 424 g/mol. The summed E-state index contributed by atoms with van der Waals surface area (Å²) in [4.78, 5) is 0. The normalized spacial score (nSPS) is 12.8. The largest absolute Gasteiger partial charge is 0.349 e. The molecule has 0 radical (unpaired) electrons. The maximum Gasteiger partial charge on any atom is 0.264 e. The molecular formula is C26H52O5S. The Labute approximate surface area is 199 Å². The molecule has 0 aromatic carbocycles. The third-order valence-corrected chi connectivity index (χ3v) is 6.12. The predicted molar refractivity (Wildman–Crippen MR) is 135 cm³/mol. The molecule has 0 N–H and O–H groups in total. The first kappa shape index (κ1) is 31.6.